The van der Waals surface area contributed by atoms with Crippen molar-refractivity contribution in [1.82, 2.24) is 20.0 Å². The van der Waals surface area contributed by atoms with E-state index in [1.165, 1.54) is 12.1 Å². The van der Waals surface area contributed by atoms with Gasteiger partial charge in [-0.1, -0.05) is 12.1 Å². The number of amides is 2. The monoisotopic (exact) mass is 468 g/mol. The zero-order chi connectivity index (χ0) is 23.8. The maximum absolute atomic E-state index is 12.9. The van der Waals surface area contributed by atoms with Gasteiger partial charge in [-0.25, -0.2) is 0 Å². The lowest BCUT2D eigenvalue weighted by Gasteiger charge is -2.33. The summed E-state index contributed by atoms with van der Waals surface area (Å²) in [4.78, 5) is 31.3. The molecular formula is C23H31F3N4O3. The van der Waals surface area contributed by atoms with E-state index < -0.39 is 17.8 Å². The molecule has 182 valence electrons. The third-order valence-corrected chi connectivity index (χ3v) is 7.22. The van der Waals surface area contributed by atoms with Crippen LogP contribution in [0.25, 0.3) is 0 Å². The molecule has 3 saturated heterocycles. The minimum Gasteiger partial charge on any atom is -0.391 e. The van der Waals surface area contributed by atoms with Crippen LogP contribution in [-0.2, 0) is 22.3 Å². The van der Waals surface area contributed by atoms with Crippen LogP contribution in [0.1, 0.15) is 36.8 Å². The normalized spacial score (nSPS) is 29.1. The Bertz CT molecular complexity index is 864. The van der Waals surface area contributed by atoms with Gasteiger partial charge in [-0.3, -0.25) is 19.4 Å². The van der Waals surface area contributed by atoms with Crippen LogP contribution in [0.4, 0.5) is 13.2 Å². The summed E-state index contributed by atoms with van der Waals surface area (Å²) in [6, 6.07) is 4.72. The average Bonchev–Trinajstić information content (AvgIpc) is 3.36. The Morgan fingerprint density at radius 3 is 2.55 bits per heavy atom. The first-order valence-corrected chi connectivity index (χ1v) is 11.5. The molecule has 1 aromatic rings. The maximum atomic E-state index is 12.9. The topological polar surface area (TPSA) is 76.1 Å². The minimum atomic E-state index is -4.37. The van der Waals surface area contributed by atoms with Crippen LogP contribution in [0.2, 0.25) is 0 Å². The van der Waals surface area contributed by atoms with Gasteiger partial charge in [-0.05, 0) is 44.0 Å². The summed E-state index contributed by atoms with van der Waals surface area (Å²) < 4.78 is 38.5. The summed E-state index contributed by atoms with van der Waals surface area (Å²) in [5.74, 6) is -0.0461. The van der Waals surface area contributed by atoms with Gasteiger partial charge in [0.15, 0.2) is 0 Å². The summed E-state index contributed by atoms with van der Waals surface area (Å²) in [5, 5.41) is 12.7. The fraction of sp³-hybridized carbons (Fsp3) is 0.652. The minimum absolute atomic E-state index is 0.0179. The number of aliphatic hydroxyl groups excluding tert-OH is 1. The molecule has 0 bridgehead atoms. The average molecular weight is 469 g/mol. The van der Waals surface area contributed by atoms with E-state index in [4.69, 9.17) is 0 Å². The molecule has 2 N–H and O–H groups in total. The number of carbonyl (C=O) groups is 2. The Morgan fingerprint density at radius 2 is 1.91 bits per heavy atom. The number of aliphatic hydroxyl groups is 1. The van der Waals surface area contributed by atoms with E-state index in [2.05, 4.69) is 10.2 Å². The SMILES string of the molecule is CN1[C@@H](CCC(=O)N2CC[C@@H](O)C2)CNC(=O)[C@@H]2[C@H]1CCN2Cc1ccc(C(F)(F)F)cc1. The molecule has 0 saturated carbocycles. The fourth-order valence-electron chi connectivity index (χ4n) is 5.28. The highest BCUT2D eigenvalue weighted by atomic mass is 19.4. The zero-order valence-corrected chi connectivity index (χ0v) is 18.7. The number of likely N-dealkylation sites (N-methyl/N-ethyl adjacent to an activating group) is 1. The Hall–Kier alpha value is -2.17. The van der Waals surface area contributed by atoms with Crippen LogP contribution in [0.5, 0.6) is 0 Å². The number of carbonyl (C=O) groups excluding carboxylic acids is 2. The summed E-state index contributed by atoms with van der Waals surface area (Å²) >= 11 is 0. The number of hydrogen-bond donors (Lipinski definition) is 2. The van der Waals surface area contributed by atoms with Crippen LogP contribution in [0.3, 0.4) is 0 Å². The molecule has 4 atom stereocenters. The lowest BCUT2D eigenvalue weighted by atomic mass is 10.0. The highest BCUT2D eigenvalue weighted by molar-refractivity contribution is 5.83. The van der Waals surface area contributed by atoms with E-state index in [1.54, 1.807) is 4.90 Å². The summed E-state index contributed by atoms with van der Waals surface area (Å²) in [6.45, 7) is 2.50. The van der Waals surface area contributed by atoms with Crippen LogP contribution >= 0.6 is 0 Å². The molecule has 7 nitrogen and oxygen atoms in total. The number of fused-ring (bicyclic) bond motifs is 1. The number of benzene rings is 1. The van der Waals surface area contributed by atoms with Crippen molar-refractivity contribution in [1.29, 1.82) is 0 Å². The molecular weight excluding hydrogens is 437 g/mol. The van der Waals surface area contributed by atoms with Crippen molar-refractivity contribution in [3.05, 3.63) is 35.4 Å². The van der Waals surface area contributed by atoms with Crippen molar-refractivity contribution in [3.8, 4) is 0 Å². The van der Waals surface area contributed by atoms with Gasteiger partial charge in [0.25, 0.3) is 0 Å². The van der Waals surface area contributed by atoms with E-state index in [1.807, 2.05) is 11.9 Å². The Morgan fingerprint density at radius 1 is 1.18 bits per heavy atom. The lowest BCUT2D eigenvalue weighted by Crippen LogP contribution is -2.49. The first-order chi connectivity index (χ1) is 15.6. The fourth-order valence-corrected chi connectivity index (χ4v) is 5.28. The molecule has 33 heavy (non-hydrogen) atoms. The van der Waals surface area contributed by atoms with Gasteiger partial charge in [0.2, 0.25) is 11.8 Å². The summed E-state index contributed by atoms with van der Waals surface area (Å²) in [6.07, 6.45) is -2.44. The van der Waals surface area contributed by atoms with Crippen LogP contribution in [0, 0.1) is 0 Å². The van der Waals surface area contributed by atoms with Crippen molar-refractivity contribution in [2.75, 3.05) is 33.2 Å². The van der Waals surface area contributed by atoms with Crippen LogP contribution in [0.15, 0.2) is 24.3 Å². The van der Waals surface area contributed by atoms with Crippen LogP contribution < -0.4 is 5.32 Å². The highest BCUT2D eigenvalue weighted by Gasteiger charge is 2.45. The second-order valence-corrected chi connectivity index (χ2v) is 9.35. The number of alkyl halides is 3. The first kappa shape index (κ1) is 24.0. The largest absolute Gasteiger partial charge is 0.416 e. The Labute approximate surface area is 191 Å². The van der Waals surface area contributed by atoms with Gasteiger partial charge in [-0.2, -0.15) is 13.2 Å². The Kier molecular flexibility index (Phi) is 6.97. The van der Waals surface area contributed by atoms with E-state index in [0.29, 0.717) is 52.0 Å². The molecule has 3 aliphatic rings. The molecule has 0 aliphatic carbocycles. The van der Waals surface area contributed by atoms with E-state index in [0.717, 1.165) is 24.1 Å². The number of nitrogens with zero attached hydrogens (tertiary/aromatic N) is 3. The third-order valence-electron chi connectivity index (χ3n) is 7.22. The first-order valence-electron chi connectivity index (χ1n) is 11.5. The van der Waals surface area contributed by atoms with Gasteiger partial charge in [0.05, 0.1) is 11.7 Å². The zero-order valence-electron chi connectivity index (χ0n) is 18.7. The molecule has 0 radical (unpaired) electrons. The van der Waals surface area contributed by atoms with Crippen molar-refractivity contribution >= 4 is 11.8 Å². The van der Waals surface area contributed by atoms with Crippen molar-refractivity contribution < 1.29 is 27.9 Å². The van der Waals surface area contributed by atoms with Crippen molar-refractivity contribution in [3.63, 3.8) is 0 Å². The van der Waals surface area contributed by atoms with Gasteiger partial charge in [0.1, 0.15) is 6.04 Å². The molecule has 3 aliphatic heterocycles. The number of rotatable bonds is 5. The maximum Gasteiger partial charge on any atom is 0.416 e. The second-order valence-electron chi connectivity index (χ2n) is 9.35. The molecule has 3 fully saturated rings. The summed E-state index contributed by atoms with van der Waals surface area (Å²) in [5.41, 5.74) is 0.0524. The second kappa shape index (κ2) is 9.60. The van der Waals surface area contributed by atoms with Crippen molar-refractivity contribution in [2.45, 2.75) is 62.6 Å². The third kappa shape index (κ3) is 5.33. The van der Waals surface area contributed by atoms with Crippen LogP contribution in [-0.4, -0.2) is 89.1 Å². The van der Waals surface area contributed by atoms with Gasteiger partial charge < -0.3 is 15.3 Å². The van der Waals surface area contributed by atoms with E-state index >= 15 is 0 Å². The standard InChI is InChI=1S/C23H31F3N4O3/c1-28-17(6-7-20(32)29-10-8-18(31)14-29)12-27-22(33)21-19(28)9-11-30(21)13-15-2-4-16(5-3-15)23(24,25)26/h2-5,17-19,21,31H,6-14H2,1H3,(H,27,33)/t17-,18+,19+,21-/m0/s1. The molecule has 0 unspecified atom stereocenters. The van der Waals surface area contributed by atoms with E-state index in [9.17, 15) is 27.9 Å². The molecule has 10 heteroatoms. The number of likely N-dealkylation sites (tertiary alicyclic amines) is 2. The van der Waals surface area contributed by atoms with Gasteiger partial charge in [-0.15, -0.1) is 0 Å². The van der Waals surface area contributed by atoms with E-state index in [-0.39, 0.29) is 29.9 Å². The number of halogens is 3. The number of hydrogen-bond acceptors (Lipinski definition) is 5. The lowest BCUT2D eigenvalue weighted by molar-refractivity contribution is -0.137. The van der Waals surface area contributed by atoms with Gasteiger partial charge >= 0.3 is 6.18 Å². The number of nitrogens with one attached hydrogen (secondary N) is 1. The molecule has 4 rings (SSSR count). The molecule has 2 amide bonds. The number of β-amino-alcohol motifs (C(OH)–C–C–N with tert-alkyl or cyclic N) is 1. The predicted octanol–water partition coefficient (Wildman–Crippen LogP) is 1.45. The molecule has 3 heterocycles. The molecule has 0 aromatic heterocycles. The Balaban J connectivity index is 1.37. The van der Waals surface area contributed by atoms with Gasteiger partial charge in [0, 0.05) is 51.2 Å². The van der Waals surface area contributed by atoms with Crippen molar-refractivity contribution in [2.24, 2.45) is 0 Å². The predicted molar refractivity (Wildman–Crippen MR) is 115 cm³/mol. The molecule has 0 spiro atoms. The smallest absolute Gasteiger partial charge is 0.391 e. The molecule has 1 aromatic carbocycles. The highest BCUT2D eigenvalue weighted by Crippen LogP contribution is 2.31. The summed E-state index contributed by atoms with van der Waals surface area (Å²) in [7, 11) is 1.98. The quantitative estimate of drug-likeness (QED) is 0.684.